The van der Waals surface area contributed by atoms with Crippen molar-refractivity contribution in [2.24, 2.45) is 5.92 Å². The molecule has 1 aromatic heterocycles. The number of thioether (sulfide) groups is 1. The minimum Gasteiger partial charge on any atom is -0.480 e. The predicted octanol–water partition coefficient (Wildman–Crippen LogP) is 0.423. The summed E-state index contributed by atoms with van der Waals surface area (Å²) in [5.74, 6) is -0.501. The summed E-state index contributed by atoms with van der Waals surface area (Å²) in [7, 11) is 0. The molecule has 8 nitrogen and oxygen atoms in total. The highest BCUT2D eigenvalue weighted by Crippen LogP contribution is 2.36. The standard InChI is InChI=1S/C12H17N5O3S/c18-10(16(6-11(19)20)5-8-1-2-8)7-21-12-13-14-15-17(12)9-3-4-9/h8-9H,1-7H2,(H,19,20). The van der Waals surface area contributed by atoms with E-state index in [1.807, 2.05) is 0 Å². The van der Waals surface area contributed by atoms with Crippen LogP contribution in [0.15, 0.2) is 5.16 Å². The van der Waals surface area contributed by atoms with Crippen LogP contribution in [-0.4, -0.2) is 60.9 Å². The highest BCUT2D eigenvalue weighted by atomic mass is 32.2. The first kappa shape index (κ1) is 14.3. The van der Waals surface area contributed by atoms with Crippen LogP contribution in [0.4, 0.5) is 0 Å². The lowest BCUT2D eigenvalue weighted by atomic mass is 10.3. The van der Waals surface area contributed by atoms with E-state index in [1.54, 1.807) is 4.68 Å². The largest absolute Gasteiger partial charge is 0.480 e. The van der Waals surface area contributed by atoms with E-state index in [0.717, 1.165) is 25.7 Å². The van der Waals surface area contributed by atoms with E-state index in [9.17, 15) is 9.59 Å². The maximum Gasteiger partial charge on any atom is 0.323 e. The molecule has 0 spiro atoms. The first-order chi connectivity index (χ1) is 10.1. The molecule has 0 unspecified atom stereocenters. The molecule has 2 aliphatic rings. The van der Waals surface area contributed by atoms with Crippen LogP contribution in [0.1, 0.15) is 31.7 Å². The van der Waals surface area contributed by atoms with Crippen molar-refractivity contribution in [2.45, 2.75) is 36.9 Å². The van der Waals surface area contributed by atoms with Gasteiger partial charge in [0.25, 0.3) is 0 Å². The molecule has 114 valence electrons. The summed E-state index contributed by atoms with van der Waals surface area (Å²) in [5.41, 5.74) is 0. The van der Waals surface area contributed by atoms with Gasteiger partial charge in [0.1, 0.15) is 6.54 Å². The smallest absolute Gasteiger partial charge is 0.323 e. The van der Waals surface area contributed by atoms with Gasteiger partial charge in [0.05, 0.1) is 11.8 Å². The summed E-state index contributed by atoms with van der Waals surface area (Å²) in [6.07, 6.45) is 4.30. The fourth-order valence-corrected chi connectivity index (χ4v) is 2.92. The average Bonchev–Trinajstić information content (AvgIpc) is 3.36. The number of carboxylic acid groups (broad SMARTS) is 1. The number of nitrogens with zero attached hydrogens (tertiary/aromatic N) is 5. The lowest BCUT2D eigenvalue weighted by Gasteiger charge is -2.20. The molecule has 9 heteroatoms. The van der Waals surface area contributed by atoms with Crippen molar-refractivity contribution in [1.29, 1.82) is 0 Å². The summed E-state index contributed by atoms with van der Waals surface area (Å²) >= 11 is 1.28. The third-order valence-electron chi connectivity index (χ3n) is 3.53. The van der Waals surface area contributed by atoms with Crippen molar-refractivity contribution in [3.63, 3.8) is 0 Å². The molecule has 1 aromatic rings. The van der Waals surface area contributed by atoms with E-state index in [4.69, 9.17) is 5.11 Å². The van der Waals surface area contributed by atoms with E-state index in [2.05, 4.69) is 15.5 Å². The monoisotopic (exact) mass is 311 g/mol. The topological polar surface area (TPSA) is 101 Å². The maximum atomic E-state index is 12.2. The van der Waals surface area contributed by atoms with Crippen LogP contribution in [0.25, 0.3) is 0 Å². The molecule has 1 N–H and O–H groups in total. The van der Waals surface area contributed by atoms with Crippen LogP contribution in [0.5, 0.6) is 0 Å². The number of carboxylic acids is 1. The zero-order valence-corrected chi connectivity index (χ0v) is 12.3. The lowest BCUT2D eigenvalue weighted by molar-refractivity contribution is -0.143. The van der Waals surface area contributed by atoms with Gasteiger partial charge in [-0.1, -0.05) is 11.8 Å². The Morgan fingerprint density at radius 1 is 1.33 bits per heavy atom. The molecule has 2 aliphatic carbocycles. The molecule has 2 fully saturated rings. The van der Waals surface area contributed by atoms with Crippen LogP contribution in [0.3, 0.4) is 0 Å². The molecule has 1 amide bonds. The first-order valence-corrected chi connectivity index (χ1v) is 8.02. The molecule has 0 atom stereocenters. The molecule has 0 aliphatic heterocycles. The SMILES string of the molecule is O=C(O)CN(CC1CC1)C(=O)CSc1nnnn1C1CC1. The van der Waals surface area contributed by atoms with Crippen molar-refractivity contribution in [2.75, 3.05) is 18.8 Å². The molecule has 2 saturated carbocycles. The summed E-state index contributed by atoms with van der Waals surface area (Å²) in [4.78, 5) is 24.5. The summed E-state index contributed by atoms with van der Waals surface area (Å²) in [5, 5.41) is 21.0. The maximum absolute atomic E-state index is 12.2. The summed E-state index contributed by atoms with van der Waals surface area (Å²) < 4.78 is 1.75. The zero-order valence-electron chi connectivity index (χ0n) is 11.5. The van der Waals surface area contributed by atoms with Crippen LogP contribution in [0.2, 0.25) is 0 Å². The Morgan fingerprint density at radius 3 is 2.71 bits per heavy atom. The number of rotatable bonds is 8. The number of aromatic nitrogens is 4. The van der Waals surface area contributed by atoms with Gasteiger partial charge in [-0.2, -0.15) is 0 Å². The minimum atomic E-state index is -0.975. The number of hydrogen-bond donors (Lipinski definition) is 1. The van der Waals surface area contributed by atoms with Gasteiger partial charge in [-0.15, -0.1) is 5.10 Å². The fraction of sp³-hybridized carbons (Fsp3) is 0.750. The van der Waals surface area contributed by atoms with E-state index in [-0.39, 0.29) is 18.2 Å². The molecular formula is C12H17N5O3S. The van der Waals surface area contributed by atoms with E-state index < -0.39 is 5.97 Å². The predicted molar refractivity (Wildman–Crippen MR) is 73.8 cm³/mol. The lowest BCUT2D eigenvalue weighted by Crippen LogP contribution is -2.38. The highest BCUT2D eigenvalue weighted by molar-refractivity contribution is 7.99. The third-order valence-corrected chi connectivity index (χ3v) is 4.45. The second-order valence-corrected chi connectivity index (χ2v) is 6.48. The van der Waals surface area contributed by atoms with Gasteiger partial charge in [0.2, 0.25) is 11.1 Å². The Labute approximate surface area is 125 Å². The Kier molecular flexibility index (Phi) is 4.09. The van der Waals surface area contributed by atoms with Crippen molar-refractivity contribution in [3.05, 3.63) is 0 Å². The van der Waals surface area contributed by atoms with E-state index in [1.165, 1.54) is 16.7 Å². The minimum absolute atomic E-state index is 0.167. The van der Waals surface area contributed by atoms with E-state index in [0.29, 0.717) is 23.7 Å². The molecule has 0 bridgehead atoms. The van der Waals surface area contributed by atoms with Gasteiger partial charge in [-0.25, -0.2) is 4.68 Å². The first-order valence-electron chi connectivity index (χ1n) is 7.03. The number of aliphatic carboxylic acids is 1. The Morgan fingerprint density at radius 2 is 2.10 bits per heavy atom. The van der Waals surface area contributed by atoms with Crippen LogP contribution in [-0.2, 0) is 9.59 Å². The molecule has 0 aromatic carbocycles. The number of carbonyl (C=O) groups excluding carboxylic acids is 1. The Hall–Kier alpha value is -1.64. The third kappa shape index (κ3) is 3.93. The van der Waals surface area contributed by atoms with Gasteiger partial charge in [0, 0.05) is 6.54 Å². The van der Waals surface area contributed by atoms with Gasteiger partial charge in [-0.05, 0) is 42.0 Å². The Bertz CT molecular complexity index is 541. The van der Waals surface area contributed by atoms with Crippen molar-refractivity contribution < 1.29 is 14.7 Å². The fourth-order valence-electron chi connectivity index (χ4n) is 2.08. The van der Waals surface area contributed by atoms with Crippen LogP contribution < -0.4 is 0 Å². The number of hydrogen-bond acceptors (Lipinski definition) is 6. The molecule has 0 saturated heterocycles. The van der Waals surface area contributed by atoms with Gasteiger partial charge in [0.15, 0.2) is 0 Å². The van der Waals surface area contributed by atoms with Crippen molar-refractivity contribution in [3.8, 4) is 0 Å². The van der Waals surface area contributed by atoms with Gasteiger partial charge < -0.3 is 10.0 Å². The highest BCUT2D eigenvalue weighted by Gasteiger charge is 2.30. The molecule has 1 heterocycles. The van der Waals surface area contributed by atoms with Crippen molar-refractivity contribution >= 4 is 23.6 Å². The molecule has 3 rings (SSSR count). The summed E-state index contributed by atoms with van der Waals surface area (Å²) in [6, 6.07) is 0.360. The second-order valence-electron chi connectivity index (χ2n) is 5.54. The quantitative estimate of drug-likeness (QED) is 0.694. The number of amides is 1. The van der Waals surface area contributed by atoms with Gasteiger partial charge >= 0.3 is 5.97 Å². The Balaban J connectivity index is 1.55. The van der Waals surface area contributed by atoms with Gasteiger partial charge in [-0.3, -0.25) is 9.59 Å². The number of carbonyl (C=O) groups is 2. The zero-order chi connectivity index (χ0) is 14.8. The molecular weight excluding hydrogens is 294 g/mol. The normalized spacial score (nSPS) is 17.7. The summed E-state index contributed by atoms with van der Waals surface area (Å²) in [6.45, 7) is 0.308. The second kappa shape index (κ2) is 6.00. The number of tetrazole rings is 1. The van der Waals surface area contributed by atoms with Crippen LogP contribution in [0, 0.1) is 5.92 Å². The van der Waals surface area contributed by atoms with Crippen LogP contribution >= 0.6 is 11.8 Å². The van der Waals surface area contributed by atoms with E-state index >= 15 is 0 Å². The van der Waals surface area contributed by atoms with Crippen molar-refractivity contribution in [1.82, 2.24) is 25.1 Å². The molecule has 21 heavy (non-hydrogen) atoms. The average molecular weight is 311 g/mol. The molecule has 0 radical (unpaired) electrons.